The minimum absolute atomic E-state index is 0.0252. The van der Waals surface area contributed by atoms with Gasteiger partial charge in [-0.2, -0.15) is 13.2 Å². The molecule has 5 heteroatoms. The van der Waals surface area contributed by atoms with Crippen LogP contribution in [-0.4, -0.2) is 11.1 Å². The molecule has 0 aliphatic heterocycles. The summed E-state index contributed by atoms with van der Waals surface area (Å²) < 4.78 is 36.6. The van der Waals surface area contributed by atoms with Crippen molar-refractivity contribution in [2.45, 2.75) is 6.18 Å². The van der Waals surface area contributed by atoms with E-state index >= 15 is 0 Å². The lowest BCUT2D eigenvalue weighted by Gasteiger charge is -2.08. The first-order valence-corrected chi connectivity index (χ1v) is 3.58. The van der Waals surface area contributed by atoms with Crippen LogP contribution in [0.1, 0.15) is 21.5 Å². The summed E-state index contributed by atoms with van der Waals surface area (Å²) >= 11 is 0. The minimum Gasteiger partial charge on any atom is -0.478 e. The van der Waals surface area contributed by atoms with Crippen LogP contribution in [0.3, 0.4) is 0 Å². The molecule has 0 spiro atoms. The fourth-order valence-corrected chi connectivity index (χ4v) is 0.979. The van der Waals surface area contributed by atoms with Gasteiger partial charge in [0.25, 0.3) is 0 Å². The van der Waals surface area contributed by atoms with Gasteiger partial charge in [0.05, 0.1) is 11.1 Å². The Bertz CT molecular complexity index is 369. The van der Waals surface area contributed by atoms with E-state index in [9.17, 15) is 18.0 Å². The highest BCUT2D eigenvalue weighted by Crippen LogP contribution is 2.30. The lowest BCUT2D eigenvalue weighted by molar-refractivity contribution is -0.137. The van der Waals surface area contributed by atoms with Crippen molar-refractivity contribution in [1.82, 2.24) is 0 Å². The largest absolute Gasteiger partial charge is 0.478 e. The van der Waals surface area contributed by atoms with Crippen molar-refractivity contribution in [3.8, 4) is 0 Å². The number of aromatic carboxylic acids is 1. The van der Waals surface area contributed by atoms with Crippen LogP contribution in [0.5, 0.6) is 0 Å². The van der Waals surface area contributed by atoms with E-state index in [0.717, 1.165) is 12.1 Å². The van der Waals surface area contributed by atoms with Gasteiger partial charge in [0, 0.05) is 0 Å². The Labute approximate surface area is 78.0 Å². The maximum Gasteiger partial charge on any atom is 0.416 e. The Hall–Kier alpha value is -1.52. The number of hydrogen-bond donors (Lipinski definition) is 1. The summed E-state index contributed by atoms with van der Waals surface area (Å²) in [6, 6.07) is 2.46. The summed E-state index contributed by atoms with van der Waals surface area (Å²) in [6.45, 7) is 3.27. The minimum atomic E-state index is -4.54. The van der Waals surface area contributed by atoms with Crippen molar-refractivity contribution in [3.63, 3.8) is 0 Å². The molecule has 1 aromatic carbocycles. The van der Waals surface area contributed by atoms with Gasteiger partial charge in [0.1, 0.15) is 0 Å². The summed E-state index contributed by atoms with van der Waals surface area (Å²) in [5.41, 5.74) is -1.38. The third kappa shape index (κ3) is 2.25. The molecule has 0 bridgehead atoms. The van der Waals surface area contributed by atoms with Gasteiger partial charge in [0.15, 0.2) is 0 Å². The molecule has 0 atom stereocenters. The number of rotatable bonds is 1. The highest BCUT2D eigenvalue weighted by Gasteiger charge is 2.31. The number of carbonyl (C=O) groups is 1. The second-order valence-electron chi connectivity index (χ2n) is 2.72. The Balaban J connectivity index is 3.28. The van der Waals surface area contributed by atoms with Crippen LogP contribution < -0.4 is 0 Å². The number of benzene rings is 1. The summed E-state index contributed by atoms with van der Waals surface area (Å²) in [4.78, 5) is 10.4. The van der Waals surface area contributed by atoms with Crippen molar-refractivity contribution < 1.29 is 23.1 Å². The lowest BCUT2D eigenvalue weighted by atomic mass is 10.1. The number of carboxylic acid groups (broad SMARTS) is 1. The summed E-state index contributed by atoms with van der Waals surface area (Å²) in [7, 11) is 0. The average Bonchev–Trinajstić information content (AvgIpc) is 2.01. The van der Waals surface area contributed by atoms with Crippen molar-refractivity contribution >= 4 is 5.97 Å². The second kappa shape index (κ2) is 3.32. The van der Waals surface area contributed by atoms with E-state index in [0.29, 0.717) is 6.07 Å². The molecule has 1 radical (unpaired) electrons. The smallest absolute Gasteiger partial charge is 0.416 e. The van der Waals surface area contributed by atoms with E-state index in [1.807, 2.05) is 0 Å². The van der Waals surface area contributed by atoms with Gasteiger partial charge in [-0.3, -0.25) is 0 Å². The van der Waals surface area contributed by atoms with Gasteiger partial charge in [-0.1, -0.05) is 0 Å². The highest BCUT2D eigenvalue weighted by molar-refractivity contribution is 5.88. The molecule has 1 aromatic rings. The zero-order valence-corrected chi connectivity index (χ0v) is 6.93. The maximum absolute atomic E-state index is 12.2. The molecular weight excluding hydrogens is 197 g/mol. The first-order chi connectivity index (χ1) is 6.30. The van der Waals surface area contributed by atoms with Crippen molar-refractivity contribution in [1.29, 1.82) is 0 Å². The standard InChI is InChI=1S/C9H6F3O2/c1-5-2-6(8(13)14)4-7(3-5)9(10,11)12/h2-4H,1H2,(H,13,14). The third-order valence-electron chi connectivity index (χ3n) is 1.57. The topological polar surface area (TPSA) is 37.3 Å². The average molecular weight is 203 g/mol. The summed E-state index contributed by atoms with van der Waals surface area (Å²) in [5, 5.41) is 8.50. The molecule has 0 heterocycles. The molecule has 0 aliphatic rings. The van der Waals surface area contributed by atoms with Gasteiger partial charge in [-0.25, -0.2) is 4.79 Å². The molecule has 1 rings (SSSR count). The summed E-state index contributed by atoms with van der Waals surface area (Å²) in [5.74, 6) is -1.40. The Morgan fingerprint density at radius 1 is 1.29 bits per heavy atom. The highest BCUT2D eigenvalue weighted by atomic mass is 19.4. The molecule has 14 heavy (non-hydrogen) atoms. The predicted molar refractivity (Wildman–Crippen MR) is 42.9 cm³/mol. The molecular formula is C9H6F3O2. The van der Waals surface area contributed by atoms with E-state index < -0.39 is 23.3 Å². The second-order valence-corrected chi connectivity index (χ2v) is 2.72. The quantitative estimate of drug-likeness (QED) is 0.761. The molecule has 0 amide bonds. The van der Waals surface area contributed by atoms with Crippen molar-refractivity contribution in [3.05, 3.63) is 41.8 Å². The van der Waals surface area contributed by atoms with Crippen LogP contribution in [0.4, 0.5) is 13.2 Å². The fraction of sp³-hybridized carbons (Fsp3) is 0.111. The van der Waals surface area contributed by atoms with Crippen LogP contribution in [0.25, 0.3) is 0 Å². The van der Waals surface area contributed by atoms with Crippen LogP contribution >= 0.6 is 0 Å². The van der Waals surface area contributed by atoms with E-state index in [-0.39, 0.29) is 5.56 Å². The Kier molecular flexibility index (Phi) is 2.51. The predicted octanol–water partition coefficient (Wildman–Crippen LogP) is 2.59. The van der Waals surface area contributed by atoms with Gasteiger partial charge in [-0.15, -0.1) is 0 Å². The molecule has 0 unspecified atom stereocenters. The van der Waals surface area contributed by atoms with Crippen LogP contribution in [0.2, 0.25) is 0 Å². The number of alkyl halides is 3. The molecule has 0 saturated carbocycles. The molecule has 75 valence electrons. The number of carboxylic acids is 1. The normalized spacial score (nSPS) is 11.4. The van der Waals surface area contributed by atoms with Gasteiger partial charge in [0.2, 0.25) is 0 Å². The molecule has 0 fully saturated rings. The maximum atomic E-state index is 12.2. The Morgan fingerprint density at radius 3 is 2.29 bits per heavy atom. The van der Waals surface area contributed by atoms with E-state index in [2.05, 4.69) is 6.92 Å². The van der Waals surface area contributed by atoms with Crippen molar-refractivity contribution in [2.24, 2.45) is 0 Å². The fourth-order valence-electron chi connectivity index (χ4n) is 0.979. The van der Waals surface area contributed by atoms with E-state index in [1.165, 1.54) is 0 Å². The molecule has 2 nitrogen and oxygen atoms in total. The van der Waals surface area contributed by atoms with E-state index in [4.69, 9.17) is 5.11 Å². The first-order valence-electron chi connectivity index (χ1n) is 3.58. The lowest BCUT2D eigenvalue weighted by Crippen LogP contribution is -2.08. The number of hydrogen-bond acceptors (Lipinski definition) is 1. The zero-order chi connectivity index (χ0) is 10.9. The monoisotopic (exact) mass is 203 g/mol. The molecule has 0 aliphatic carbocycles. The van der Waals surface area contributed by atoms with Crippen LogP contribution in [0, 0.1) is 6.92 Å². The first kappa shape index (κ1) is 10.6. The molecule has 0 saturated heterocycles. The molecule has 0 aromatic heterocycles. The third-order valence-corrected chi connectivity index (χ3v) is 1.57. The van der Waals surface area contributed by atoms with Crippen LogP contribution in [0.15, 0.2) is 18.2 Å². The summed E-state index contributed by atoms with van der Waals surface area (Å²) in [6.07, 6.45) is -4.54. The number of halogens is 3. The van der Waals surface area contributed by atoms with Gasteiger partial charge < -0.3 is 5.11 Å². The van der Waals surface area contributed by atoms with Gasteiger partial charge >= 0.3 is 12.1 Å². The van der Waals surface area contributed by atoms with E-state index in [1.54, 1.807) is 0 Å². The SMILES string of the molecule is [CH2]c1cc(C(=O)O)cc(C(F)(F)F)c1. The van der Waals surface area contributed by atoms with Crippen molar-refractivity contribution in [2.75, 3.05) is 0 Å². The van der Waals surface area contributed by atoms with Gasteiger partial charge in [-0.05, 0) is 30.7 Å². The Morgan fingerprint density at radius 2 is 1.86 bits per heavy atom. The zero-order valence-electron chi connectivity index (χ0n) is 6.93. The molecule has 1 N–H and O–H groups in total. The van der Waals surface area contributed by atoms with Crippen LogP contribution in [-0.2, 0) is 6.18 Å².